The number of ether oxygens (including phenoxy) is 1. The van der Waals surface area contributed by atoms with Gasteiger partial charge < -0.3 is 4.74 Å². The molecular formula is C8H6ClFO2. The molecule has 0 N–H and O–H groups in total. The van der Waals surface area contributed by atoms with E-state index in [1.807, 2.05) is 0 Å². The van der Waals surface area contributed by atoms with Gasteiger partial charge in [-0.1, -0.05) is 11.6 Å². The summed E-state index contributed by atoms with van der Waals surface area (Å²) in [5, 5.41) is 0.290. The van der Waals surface area contributed by atoms with Gasteiger partial charge in [-0.2, -0.15) is 0 Å². The van der Waals surface area contributed by atoms with E-state index in [-0.39, 0.29) is 12.4 Å². The molecule has 0 unspecified atom stereocenters. The van der Waals surface area contributed by atoms with Crippen LogP contribution in [0.2, 0.25) is 5.02 Å². The SMILES string of the molecule is O=CCOc1cc(F)ccc1Cl. The maximum absolute atomic E-state index is 12.5. The lowest BCUT2D eigenvalue weighted by atomic mass is 10.3. The molecule has 0 aliphatic heterocycles. The van der Waals surface area contributed by atoms with Crippen molar-refractivity contribution in [3.05, 3.63) is 29.0 Å². The first-order valence-electron chi connectivity index (χ1n) is 3.25. The zero-order chi connectivity index (χ0) is 8.97. The van der Waals surface area contributed by atoms with E-state index in [1.54, 1.807) is 0 Å². The fourth-order valence-corrected chi connectivity index (χ4v) is 0.884. The summed E-state index contributed by atoms with van der Waals surface area (Å²) in [6.07, 6.45) is 0.571. The first-order chi connectivity index (χ1) is 5.74. The second-order valence-corrected chi connectivity index (χ2v) is 2.46. The number of aldehydes is 1. The largest absolute Gasteiger partial charge is 0.484 e. The Kier molecular flexibility index (Phi) is 3.05. The lowest BCUT2D eigenvalue weighted by Gasteiger charge is -2.03. The van der Waals surface area contributed by atoms with Crippen molar-refractivity contribution in [2.24, 2.45) is 0 Å². The maximum Gasteiger partial charge on any atom is 0.157 e. The highest BCUT2D eigenvalue weighted by atomic mass is 35.5. The Morgan fingerprint density at radius 3 is 3.00 bits per heavy atom. The van der Waals surface area contributed by atoms with E-state index >= 15 is 0 Å². The van der Waals surface area contributed by atoms with Gasteiger partial charge in [0.1, 0.15) is 18.2 Å². The second-order valence-electron chi connectivity index (χ2n) is 2.05. The van der Waals surface area contributed by atoms with Gasteiger partial charge in [0.2, 0.25) is 0 Å². The molecule has 1 aromatic carbocycles. The van der Waals surface area contributed by atoms with Crippen molar-refractivity contribution < 1.29 is 13.9 Å². The number of hydrogen-bond donors (Lipinski definition) is 0. The highest BCUT2D eigenvalue weighted by Gasteiger charge is 2.01. The molecular weight excluding hydrogens is 183 g/mol. The van der Waals surface area contributed by atoms with Crippen molar-refractivity contribution in [2.75, 3.05) is 6.61 Å². The molecule has 0 heterocycles. The van der Waals surface area contributed by atoms with Crippen LogP contribution in [0.5, 0.6) is 5.75 Å². The van der Waals surface area contributed by atoms with E-state index in [1.165, 1.54) is 12.1 Å². The van der Waals surface area contributed by atoms with Crippen LogP contribution in [-0.4, -0.2) is 12.9 Å². The van der Waals surface area contributed by atoms with Crippen LogP contribution in [-0.2, 0) is 4.79 Å². The lowest BCUT2D eigenvalue weighted by Crippen LogP contribution is -1.98. The van der Waals surface area contributed by atoms with Gasteiger partial charge in [-0.15, -0.1) is 0 Å². The van der Waals surface area contributed by atoms with Crippen molar-refractivity contribution in [2.45, 2.75) is 0 Å². The molecule has 0 spiro atoms. The predicted molar refractivity (Wildman–Crippen MR) is 43.0 cm³/mol. The van der Waals surface area contributed by atoms with Crippen LogP contribution >= 0.6 is 11.6 Å². The Balaban J connectivity index is 2.82. The third-order valence-electron chi connectivity index (χ3n) is 1.20. The average molecular weight is 189 g/mol. The van der Waals surface area contributed by atoms with Crippen molar-refractivity contribution in [1.82, 2.24) is 0 Å². The van der Waals surface area contributed by atoms with Gasteiger partial charge in [0.25, 0.3) is 0 Å². The van der Waals surface area contributed by atoms with Gasteiger partial charge in [-0.05, 0) is 12.1 Å². The van der Waals surface area contributed by atoms with E-state index in [0.717, 1.165) is 6.07 Å². The molecule has 0 aromatic heterocycles. The third-order valence-corrected chi connectivity index (χ3v) is 1.51. The lowest BCUT2D eigenvalue weighted by molar-refractivity contribution is -0.109. The fraction of sp³-hybridized carbons (Fsp3) is 0.125. The van der Waals surface area contributed by atoms with Gasteiger partial charge in [0, 0.05) is 6.07 Å². The highest BCUT2D eigenvalue weighted by molar-refractivity contribution is 6.32. The Hall–Kier alpha value is -1.09. The van der Waals surface area contributed by atoms with Crippen LogP contribution in [0.4, 0.5) is 4.39 Å². The number of carbonyl (C=O) groups is 1. The molecule has 0 amide bonds. The van der Waals surface area contributed by atoms with Crippen molar-refractivity contribution in [3.8, 4) is 5.75 Å². The Morgan fingerprint density at radius 1 is 1.58 bits per heavy atom. The minimum absolute atomic E-state index is 0.122. The topological polar surface area (TPSA) is 26.3 Å². The molecule has 0 fully saturated rings. The van der Waals surface area contributed by atoms with Gasteiger partial charge in [0.05, 0.1) is 5.02 Å². The standard InChI is InChI=1S/C8H6ClFO2/c9-7-2-1-6(10)5-8(7)12-4-3-11/h1-3,5H,4H2. The molecule has 0 bridgehead atoms. The van der Waals surface area contributed by atoms with Crippen LogP contribution in [0.1, 0.15) is 0 Å². The monoisotopic (exact) mass is 188 g/mol. The van der Waals surface area contributed by atoms with E-state index in [4.69, 9.17) is 16.3 Å². The minimum atomic E-state index is -0.444. The highest BCUT2D eigenvalue weighted by Crippen LogP contribution is 2.24. The van der Waals surface area contributed by atoms with E-state index in [0.29, 0.717) is 11.3 Å². The first kappa shape index (κ1) is 9.00. The Labute approximate surface area is 73.9 Å². The van der Waals surface area contributed by atoms with Crippen LogP contribution in [0, 0.1) is 5.82 Å². The molecule has 64 valence electrons. The van der Waals surface area contributed by atoms with Crippen LogP contribution in [0.3, 0.4) is 0 Å². The summed E-state index contributed by atoms with van der Waals surface area (Å²) in [5.74, 6) is -0.260. The van der Waals surface area contributed by atoms with E-state index < -0.39 is 5.82 Å². The van der Waals surface area contributed by atoms with Crippen molar-refractivity contribution in [3.63, 3.8) is 0 Å². The number of rotatable bonds is 3. The molecule has 0 aliphatic carbocycles. The molecule has 4 heteroatoms. The molecule has 0 radical (unpaired) electrons. The number of benzene rings is 1. The molecule has 1 rings (SSSR count). The number of halogens is 2. The quantitative estimate of drug-likeness (QED) is 0.679. The summed E-state index contributed by atoms with van der Waals surface area (Å²) < 4.78 is 17.4. The summed E-state index contributed by atoms with van der Waals surface area (Å²) in [6, 6.07) is 3.72. The van der Waals surface area contributed by atoms with Crippen LogP contribution < -0.4 is 4.74 Å². The Morgan fingerprint density at radius 2 is 2.33 bits per heavy atom. The van der Waals surface area contributed by atoms with E-state index in [9.17, 15) is 9.18 Å². The zero-order valence-corrected chi connectivity index (χ0v) is 6.84. The number of hydrogen-bond acceptors (Lipinski definition) is 2. The average Bonchev–Trinajstić information content (AvgIpc) is 2.07. The summed E-state index contributed by atoms with van der Waals surface area (Å²) in [4.78, 5) is 9.91. The molecule has 0 saturated heterocycles. The van der Waals surface area contributed by atoms with Gasteiger partial charge in [-0.3, -0.25) is 4.79 Å². The van der Waals surface area contributed by atoms with Gasteiger partial charge >= 0.3 is 0 Å². The predicted octanol–water partition coefficient (Wildman–Crippen LogP) is 2.06. The first-order valence-corrected chi connectivity index (χ1v) is 3.63. The van der Waals surface area contributed by atoms with Gasteiger partial charge in [0.15, 0.2) is 6.29 Å². The summed E-state index contributed by atoms with van der Waals surface area (Å²) in [7, 11) is 0. The van der Waals surface area contributed by atoms with Crippen molar-refractivity contribution in [1.29, 1.82) is 0 Å². The number of carbonyl (C=O) groups excluding carboxylic acids is 1. The van der Waals surface area contributed by atoms with Crippen LogP contribution in [0.25, 0.3) is 0 Å². The summed E-state index contributed by atoms with van der Waals surface area (Å²) in [5.41, 5.74) is 0. The molecule has 0 aliphatic rings. The summed E-state index contributed by atoms with van der Waals surface area (Å²) >= 11 is 5.62. The van der Waals surface area contributed by atoms with Crippen molar-refractivity contribution >= 4 is 17.9 Å². The fourth-order valence-electron chi connectivity index (χ4n) is 0.712. The molecule has 2 nitrogen and oxygen atoms in total. The third kappa shape index (κ3) is 2.20. The van der Waals surface area contributed by atoms with Crippen LogP contribution in [0.15, 0.2) is 18.2 Å². The second kappa shape index (κ2) is 4.07. The van der Waals surface area contributed by atoms with E-state index in [2.05, 4.69) is 0 Å². The molecule has 0 saturated carbocycles. The Bertz CT molecular complexity index is 288. The normalized spacial score (nSPS) is 9.50. The summed E-state index contributed by atoms with van der Waals surface area (Å²) in [6.45, 7) is -0.122. The zero-order valence-electron chi connectivity index (χ0n) is 6.09. The van der Waals surface area contributed by atoms with Gasteiger partial charge in [-0.25, -0.2) is 4.39 Å². The smallest absolute Gasteiger partial charge is 0.157 e. The minimum Gasteiger partial charge on any atom is -0.484 e. The molecule has 0 atom stereocenters. The molecule has 1 aromatic rings. The molecule has 12 heavy (non-hydrogen) atoms. The maximum atomic E-state index is 12.5.